The summed E-state index contributed by atoms with van der Waals surface area (Å²) in [6, 6.07) is 4.77. The van der Waals surface area contributed by atoms with E-state index in [2.05, 4.69) is 5.32 Å². The van der Waals surface area contributed by atoms with Crippen LogP contribution in [-0.4, -0.2) is 36.5 Å². The third-order valence-corrected chi connectivity index (χ3v) is 3.95. The van der Waals surface area contributed by atoms with Crippen molar-refractivity contribution in [1.82, 2.24) is 10.2 Å². The molecule has 2 rings (SSSR count). The Morgan fingerprint density at radius 2 is 2.15 bits per heavy atom. The van der Waals surface area contributed by atoms with Crippen LogP contribution in [0.15, 0.2) is 18.2 Å². The first-order chi connectivity index (χ1) is 9.65. The highest BCUT2D eigenvalue weighted by atomic mass is 35.5. The van der Waals surface area contributed by atoms with Crippen molar-refractivity contribution in [1.29, 1.82) is 0 Å². The Kier molecular flexibility index (Phi) is 5.38. The monoisotopic (exact) mass is 298 g/mol. The summed E-state index contributed by atoms with van der Waals surface area (Å²) in [5.74, 6) is -0.868. The van der Waals surface area contributed by atoms with Crippen LogP contribution in [0.1, 0.15) is 36.5 Å². The first kappa shape index (κ1) is 15.3. The molecule has 1 aliphatic heterocycles. The highest BCUT2D eigenvalue weighted by Gasteiger charge is 2.27. The van der Waals surface area contributed by atoms with Gasteiger partial charge in [-0.25, -0.2) is 4.39 Å². The van der Waals surface area contributed by atoms with Crippen LogP contribution in [0.4, 0.5) is 4.39 Å². The van der Waals surface area contributed by atoms with Crippen LogP contribution in [-0.2, 0) is 0 Å². The lowest BCUT2D eigenvalue weighted by atomic mass is 10.0. The molecular weight excluding hydrogens is 279 g/mol. The van der Waals surface area contributed by atoms with Crippen LogP contribution in [0.5, 0.6) is 0 Å². The zero-order chi connectivity index (χ0) is 14.5. The van der Waals surface area contributed by atoms with Crippen molar-refractivity contribution in [3.05, 3.63) is 34.6 Å². The molecule has 0 spiro atoms. The van der Waals surface area contributed by atoms with Gasteiger partial charge in [0.05, 0.1) is 10.6 Å². The van der Waals surface area contributed by atoms with Gasteiger partial charge in [0.15, 0.2) is 5.82 Å². The number of hydrogen-bond donors (Lipinski definition) is 1. The van der Waals surface area contributed by atoms with Gasteiger partial charge >= 0.3 is 0 Å². The van der Waals surface area contributed by atoms with Crippen molar-refractivity contribution < 1.29 is 9.18 Å². The molecule has 1 aromatic carbocycles. The lowest BCUT2D eigenvalue weighted by Crippen LogP contribution is -2.46. The van der Waals surface area contributed by atoms with Gasteiger partial charge in [0, 0.05) is 12.6 Å². The van der Waals surface area contributed by atoms with Crippen molar-refractivity contribution in [3.8, 4) is 0 Å². The maximum atomic E-state index is 14.0. The van der Waals surface area contributed by atoms with E-state index in [9.17, 15) is 9.18 Å². The Labute approximate surface area is 124 Å². The van der Waals surface area contributed by atoms with Crippen molar-refractivity contribution in [2.45, 2.75) is 32.2 Å². The molecule has 0 radical (unpaired) electrons. The number of carbonyl (C=O) groups is 1. The van der Waals surface area contributed by atoms with E-state index in [1.54, 1.807) is 11.0 Å². The number of rotatable bonds is 4. The average Bonchev–Trinajstić information content (AvgIpc) is 2.48. The number of halogens is 2. The molecule has 1 aromatic rings. The van der Waals surface area contributed by atoms with E-state index >= 15 is 0 Å². The van der Waals surface area contributed by atoms with E-state index < -0.39 is 5.82 Å². The second-order valence-corrected chi connectivity index (χ2v) is 5.49. The van der Waals surface area contributed by atoms with Crippen LogP contribution in [0.25, 0.3) is 0 Å². The molecule has 0 bridgehead atoms. The van der Waals surface area contributed by atoms with Gasteiger partial charge in [0.25, 0.3) is 5.91 Å². The fourth-order valence-corrected chi connectivity index (χ4v) is 2.81. The molecule has 20 heavy (non-hydrogen) atoms. The lowest BCUT2D eigenvalue weighted by molar-refractivity contribution is 0.0638. The van der Waals surface area contributed by atoms with Gasteiger partial charge < -0.3 is 10.2 Å². The Balaban J connectivity index is 2.23. The number of carbonyl (C=O) groups excluding carboxylic acids is 1. The van der Waals surface area contributed by atoms with Crippen molar-refractivity contribution in [2.75, 3.05) is 19.6 Å². The largest absolute Gasteiger partial charge is 0.335 e. The van der Waals surface area contributed by atoms with Crippen molar-refractivity contribution in [2.24, 2.45) is 0 Å². The summed E-state index contributed by atoms with van der Waals surface area (Å²) in [6.07, 6.45) is 2.68. The summed E-state index contributed by atoms with van der Waals surface area (Å²) in [7, 11) is 0. The fraction of sp³-hybridized carbons (Fsp3) is 0.533. The van der Waals surface area contributed by atoms with Gasteiger partial charge in [0.1, 0.15) is 0 Å². The van der Waals surface area contributed by atoms with Crippen molar-refractivity contribution in [3.63, 3.8) is 0 Å². The van der Waals surface area contributed by atoms with Crippen LogP contribution < -0.4 is 5.32 Å². The summed E-state index contributed by atoms with van der Waals surface area (Å²) in [6.45, 7) is 4.47. The zero-order valence-corrected chi connectivity index (χ0v) is 12.4. The maximum absolute atomic E-state index is 14.0. The summed E-state index contributed by atoms with van der Waals surface area (Å²) in [5, 5.41) is 3.28. The summed E-state index contributed by atoms with van der Waals surface area (Å²) in [5.41, 5.74) is 0.0736. The Hall–Kier alpha value is -1.13. The van der Waals surface area contributed by atoms with Gasteiger partial charge in [-0.3, -0.25) is 4.79 Å². The number of piperidine rings is 1. The number of amides is 1. The minimum Gasteiger partial charge on any atom is -0.335 e. The average molecular weight is 299 g/mol. The standard InChI is InChI=1S/C15H20ClFN2O/c1-2-10-19(11-6-8-18-9-7-11)15(20)12-4-3-5-13(16)14(12)17/h3-5,11,18H,2,6-10H2,1H3. The predicted octanol–water partition coefficient (Wildman–Crippen LogP) is 3.08. The van der Waals surface area contributed by atoms with Crippen molar-refractivity contribution >= 4 is 17.5 Å². The molecule has 1 N–H and O–H groups in total. The molecule has 110 valence electrons. The van der Waals surface area contributed by atoms with Gasteiger partial charge in [-0.15, -0.1) is 0 Å². The van der Waals surface area contributed by atoms with E-state index in [1.807, 2.05) is 6.92 Å². The number of benzene rings is 1. The summed E-state index contributed by atoms with van der Waals surface area (Å²) in [4.78, 5) is 14.4. The quantitative estimate of drug-likeness (QED) is 0.926. The topological polar surface area (TPSA) is 32.3 Å². The highest BCUT2D eigenvalue weighted by molar-refractivity contribution is 6.31. The van der Waals surface area contributed by atoms with E-state index in [0.29, 0.717) is 6.54 Å². The normalized spacial score (nSPS) is 16.1. The molecule has 1 saturated heterocycles. The van der Waals surface area contributed by atoms with Gasteiger partial charge in [-0.2, -0.15) is 0 Å². The smallest absolute Gasteiger partial charge is 0.257 e. The second-order valence-electron chi connectivity index (χ2n) is 5.08. The molecule has 1 heterocycles. The first-order valence-corrected chi connectivity index (χ1v) is 7.48. The Morgan fingerprint density at radius 1 is 1.45 bits per heavy atom. The van der Waals surface area contributed by atoms with Gasteiger partial charge in [-0.05, 0) is 44.5 Å². The molecule has 1 amide bonds. The minimum atomic E-state index is -0.616. The second kappa shape index (κ2) is 7.04. The van der Waals surface area contributed by atoms with Gasteiger partial charge in [-0.1, -0.05) is 24.6 Å². The SMILES string of the molecule is CCCN(C(=O)c1cccc(Cl)c1F)C1CCNCC1. The van der Waals surface area contributed by atoms with E-state index in [4.69, 9.17) is 11.6 Å². The Bertz CT molecular complexity index is 475. The molecule has 0 atom stereocenters. The molecule has 0 saturated carbocycles. The van der Waals surface area contributed by atoms with Crippen LogP contribution in [0, 0.1) is 5.82 Å². The van der Waals surface area contributed by atoms with E-state index in [-0.39, 0.29) is 22.5 Å². The molecule has 0 unspecified atom stereocenters. The Morgan fingerprint density at radius 3 is 2.80 bits per heavy atom. The first-order valence-electron chi connectivity index (χ1n) is 7.10. The van der Waals surface area contributed by atoms with Crippen LogP contribution in [0.3, 0.4) is 0 Å². The van der Waals surface area contributed by atoms with E-state index in [1.165, 1.54) is 12.1 Å². The third-order valence-electron chi connectivity index (χ3n) is 3.66. The maximum Gasteiger partial charge on any atom is 0.257 e. The molecule has 0 aromatic heterocycles. The summed E-state index contributed by atoms with van der Waals surface area (Å²) >= 11 is 5.77. The third kappa shape index (κ3) is 3.30. The highest BCUT2D eigenvalue weighted by Crippen LogP contribution is 2.22. The van der Waals surface area contributed by atoms with Crippen LogP contribution in [0.2, 0.25) is 5.02 Å². The lowest BCUT2D eigenvalue weighted by Gasteiger charge is -2.34. The molecule has 3 nitrogen and oxygen atoms in total. The summed E-state index contributed by atoms with van der Waals surface area (Å²) < 4.78 is 14.0. The molecule has 0 aliphatic carbocycles. The van der Waals surface area contributed by atoms with E-state index in [0.717, 1.165) is 32.4 Å². The van der Waals surface area contributed by atoms with Crippen LogP contribution >= 0.6 is 11.6 Å². The number of nitrogens with one attached hydrogen (secondary N) is 1. The number of hydrogen-bond acceptors (Lipinski definition) is 2. The molecular formula is C15H20ClFN2O. The molecule has 1 aliphatic rings. The molecule has 5 heteroatoms. The number of nitrogens with zero attached hydrogens (tertiary/aromatic N) is 1. The predicted molar refractivity (Wildman–Crippen MR) is 78.6 cm³/mol. The van der Waals surface area contributed by atoms with Gasteiger partial charge in [0.2, 0.25) is 0 Å². The fourth-order valence-electron chi connectivity index (χ4n) is 2.63. The zero-order valence-electron chi connectivity index (χ0n) is 11.7. The molecule has 1 fully saturated rings. The minimum absolute atomic E-state index is 0.00221.